The lowest BCUT2D eigenvalue weighted by Crippen LogP contribution is -2.41. The van der Waals surface area contributed by atoms with E-state index < -0.39 is 6.10 Å². The van der Waals surface area contributed by atoms with Gasteiger partial charge < -0.3 is 15.4 Å². The zero-order valence-electron chi connectivity index (χ0n) is 15.3. The summed E-state index contributed by atoms with van der Waals surface area (Å²) in [6.07, 6.45) is 1.72. The van der Waals surface area contributed by atoms with Gasteiger partial charge in [0.15, 0.2) is 0 Å². The largest absolute Gasteiger partial charge is 0.387 e. The molecule has 5 nitrogen and oxygen atoms in total. The summed E-state index contributed by atoms with van der Waals surface area (Å²) in [6.45, 7) is 2.66. The van der Waals surface area contributed by atoms with Crippen LogP contribution >= 0.6 is 0 Å². The first-order valence-corrected chi connectivity index (χ1v) is 9.43. The molecule has 0 saturated heterocycles. The molecule has 0 saturated carbocycles. The zero-order valence-corrected chi connectivity index (χ0v) is 15.3. The van der Waals surface area contributed by atoms with Crippen LogP contribution in [0.2, 0.25) is 0 Å². The van der Waals surface area contributed by atoms with Gasteiger partial charge in [-0.15, -0.1) is 0 Å². The van der Waals surface area contributed by atoms with Gasteiger partial charge in [0.2, 0.25) is 0 Å². The van der Waals surface area contributed by atoms with E-state index >= 15 is 0 Å². The Kier molecular flexibility index (Phi) is 4.85. The number of halogens is 1. The van der Waals surface area contributed by atoms with Crippen LogP contribution in [0.1, 0.15) is 37.0 Å². The standard InChI is InChI=1S/C21H24FN3O2/c1-13(5-6-14-7-9-15(22)10-8-14)23-18-11-12-25-19-16(20(18)26)3-2-4-17(19)24-21(25)27/h2-4,7-10,13,18,20,23,26H,5-6,11-12H2,1H3,(H,24,27). The molecule has 3 unspecified atom stereocenters. The van der Waals surface area contributed by atoms with E-state index in [9.17, 15) is 14.3 Å². The lowest BCUT2D eigenvalue weighted by atomic mass is 9.98. The Morgan fingerprint density at radius 1 is 1.30 bits per heavy atom. The summed E-state index contributed by atoms with van der Waals surface area (Å²) in [4.78, 5) is 15.1. The summed E-state index contributed by atoms with van der Waals surface area (Å²) in [5.74, 6) is -0.223. The summed E-state index contributed by atoms with van der Waals surface area (Å²) in [5, 5.41) is 14.5. The zero-order chi connectivity index (χ0) is 19.0. The van der Waals surface area contributed by atoms with Crippen molar-refractivity contribution in [2.75, 3.05) is 0 Å². The minimum absolute atomic E-state index is 0.127. The monoisotopic (exact) mass is 369 g/mol. The number of aliphatic hydroxyl groups excluding tert-OH is 1. The molecule has 0 fully saturated rings. The number of nitrogens with zero attached hydrogens (tertiary/aromatic N) is 1. The van der Waals surface area contributed by atoms with Crippen LogP contribution in [0.4, 0.5) is 4.39 Å². The van der Waals surface area contributed by atoms with Gasteiger partial charge >= 0.3 is 5.69 Å². The third-order valence-electron chi connectivity index (χ3n) is 5.47. The average Bonchev–Trinajstić information content (AvgIpc) is 2.91. The van der Waals surface area contributed by atoms with Crippen LogP contribution in [-0.2, 0) is 13.0 Å². The fraction of sp³-hybridized carbons (Fsp3) is 0.381. The first-order chi connectivity index (χ1) is 13.0. The van der Waals surface area contributed by atoms with Crippen molar-refractivity contribution in [2.24, 2.45) is 0 Å². The van der Waals surface area contributed by atoms with Crippen molar-refractivity contribution in [1.82, 2.24) is 14.9 Å². The Bertz CT molecular complexity index is 993. The Balaban J connectivity index is 1.46. The second-order valence-corrected chi connectivity index (χ2v) is 7.40. The van der Waals surface area contributed by atoms with Crippen molar-refractivity contribution < 1.29 is 9.50 Å². The quantitative estimate of drug-likeness (QED) is 0.648. The molecule has 0 spiro atoms. The maximum atomic E-state index is 13.0. The predicted octanol–water partition coefficient (Wildman–Crippen LogP) is 2.89. The Morgan fingerprint density at radius 3 is 2.85 bits per heavy atom. The second-order valence-electron chi connectivity index (χ2n) is 7.40. The van der Waals surface area contributed by atoms with E-state index in [1.54, 1.807) is 4.57 Å². The van der Waals surface area contributed by atoms with Gasteiger partial charge in [-0.3, -0.25) is 4.57 Å². The molecular formula is C21H24FN3O2. The molecule has 27 heavy (non-hydrogen) atoms. The average molecular weight is 369 g/mol. The Hall–Kier alpha value is -2.44. The molecule has 1 aliphatic heterocycles. The lowest BCUT2D eigenvalue weighted by Gasteiger charge is -2.26. The van der Waals surface area contributed by atoms with Gasteiger partial charge in [0.1, 0.15) is 5.82 Å². The molecule has 0 radical (unpaired) electrons. The van der Waals surface area contributed by atoms with Crippen molar-refractivity contribution in [3.8, 4) is 0 Å². The topological polar surface area (TPSA) is 70.0 Å². The van der Waals surface area contributed by atoms with Crippen LogP contribution in [0.25, 0.3) is 11.0 Å². The van der Waals surface area contributed by atoms with E-state index in [2.05, 4.69) is 17.2 Å². The number of aryl methyl sites for hydroxylation is 2. The fourth-order valence-corrected chi connectivity index (χ4v) is 4.00. The molecule has 0 amide bonds. The first-order valence-electron chi connectivity index (χ1n) is 9.43. The third-order valence-corrected chi connectivity index (χ3v) is 5.47. The number of imidazole rings is 1. The highest BCUT2D eigenvalue weighted by Crippen LogP contribution is 2.30. The molecule has 0 bridgehead atoms. The highest BCUT2D eigenvalue weighted by atomic mass is 19.1. The summed E-state index contributed by atoms with van der Waals surface area (Å²) in [6, 6.07) is 12.3. The molecule has 3 atom stereocenters. The lowest BCUT2D eigenvalue weighted by molar-refractivity contribution is 0.119. The van der Waals surface area contributed by atoms with Gasteiger partial charge in [0, 0.05) is 24.2 Å². The number of H-pyrrole nitrogens is 1. The molecule has 3 N–H and O–H groups in total. The van der Waals surface area contributed by atoms with E-state index in [1.807, 2.05) is 30.3 Å². The third kappa shape index (κ3) is 3.55. The first kappa shape index (κ1) is 17.9. The van der Waals surface area contributed by atoms with Crippen molar-refractivity contribution in [2.45, 2.75) is 50.9 Å². The van der Waals surface area contributed by atoms with E-state index in [0.717, 1.165) is 35.0 Å². The molecule has 1 aromatic heterocycles. The second kappa shape index (κ2) is 7.29. The molecule has 6 heteroatoms. The van der Waals surface area contributed by atoms with Crippen LogP contribution < -0.4 is 11.0 Å². The van der Waals surface area contributed by atoms with E-state index in [1.165, 1.54) is 12.1 Å². The number of hydrogen-bond acceptors (Lipinski definition) is 3. The number of nitrogens with one attached hydrogen (secondary N) is 2. The maximum absolute atomic E-state index is 13.0. The predicted molar refractivity (Wildman–Crippen MR) is 103 cm³/mol. The molecule has 142 valence electrons. The number of aromatic nitrogens is 2. The Morgan fingerprint density at radius 2 is 2.07 bits per heavy atom. The molecule has 2 heterocycles. The Labute approximate surface area is 156 Å². The SMILES string of the molecule is CC(CCc1ccc(F)cc1)NC1CCn2c(=O)[nH]c3cccc(c32)C1O. The summed E-state index contributed by atoms with van der Waals surface area (Å²) < 4.78 is 14.7. The van der Waals surface area contributed by atoms with Crippen molar-refractivity contribution in [1.29, 1.82) is 0 Å². The fourth-order valence-electron chi connectivity index (χ4n) is 4.00. The molecule has 2 aromatic carbocycles. The molecule has 1 aliphatic rings. The molecule has 4 rings (SSSR count). The minimum Gasteiger partial charge on any atom is -0.387 e. The highest BCUT2D eigenvalue weighted by Gasteiger charge is 2.29. The van der Waals surface area contributed by atoms with Crippen LogP contribution in [0.15, 0.2) is 47.3 Å². The number of rotatable bonds is 5. The van der Waals surface area contributed by atoms with E-state index in [-0.39, 0.29) is 23.6 Å². The van der Waals surface area contributed by atoms with E-state index in [0.29, 0.717) is 13.0 Å². The van der Waals surface area contributed by atoms with Crippen LogP contribution in [0.5, 0.6) is 0 Å². The van der Waals surface area contributed by atoms with Crippen LogP contribution in [0.3, 0.4) is 0 Å². The van der Waals surface area contributed by atoms with Crippen LogP contribution in [0, 0.1) is 5.82 Å². The van der Waals surface area contributed by atoms with Gasteiger partial charge in [-0.25, -0.2) is 9.18 Å². The number of hydrogen-bond donors (Lipinski definition) is 3. The van der Waals surface area contributed by atoms with Crippen molar-refractivity contribution in [3.05, 3.63) is 69.9 Å². The van der Waals surface area contributed by atoms with Gasteiger partial charge in [0.25, 0.3) is 0 Å². The number of para-hydroxylation sites is 1. The summed E-state index contributed by atoms with van der Waals surface area (Å²) in [7, 11) is 0. The van der Waals surface area contributed by atoms with Gasteiger partial charge in [-0.05, 0) is 49.9 Å². The van der Waals surface area contributed by atoms with Crippen molar-refractivity contribution >= 4 is 11.0 Å². The highest BCUT2D eigenvalue weighted by molar-refractivity contribution is 5.79. The number of aromatic amines is 1. The molecular weight excluding hydrogens is 345 g/mol. The van der Waals surface area contributed by atoms with Gasteiger partial charge in [-0.2, -0.15) is 0 Å². The summed E-state index contributed by atoms with van der Waals surface area (Å²) in [5.41, 5.74) is 3.32. The number of benzene rings is 2. The molecule has 0 aliphatic carbocycles. The normalized spacial score (nSPS) is 20.6. The maximum Gasteiger partial charge on any atom is 0.326 e. The smallest absolute Gasteiger partial charge is 0.326 e. The summed E-state index contributed by atoms with van der Waals surface area (Å²) >= 11 is 0. The van der Waals surface area contributed by atoms with E-state index in [4.69, 9.17) is 0 Å². The van der Waals surface area contributed by atoms with Gasteiger partial charge in [-0.1, -0.05) is 24.3 Å². The minimum atomic E-state index is -0.675. The van der Waals surface area contributed by atoms with Crippen molar-refractivity contribution in [3.63, 3.8) is 0 Å². The van der Waals surface area contributed by atoms with Crippen LogP contribution in [-0.4, -0.2) is 26.7 Å². The number of aliphatic hydroxyl groups is 1. The van der Waals surface area contributed by atoms with Gasteiger partial charge in [0.05, 0.1) is 17.1 Å². The molecule has 3 aromatic rings.